The third-order valence-corrected chi connectivity index (χ3v) is 3.23. The lowest BCUT2D eigenvalue weighted by molar-refractivity contribution is 0.102. The monoisotopic (exact) mass is 266 g/mol. The van der Waals surface area contributed by atoms with Crippen molar-refractivity contribution in [1.29, 1.82) is 0 Å². The molecule has 1 amide bonds. The summed E-state index contributed by atoms with van der Waals surface area (Å²) in [4.78, 5) is 20.8. The van der Waals surface area contributed by atoms with E-state index in [0.717, 1.165) is 17.0 Å². The highest BCUT2D eigenvalue weighted by atomic mass is 16.1. The number of fused-ring (bicyclic) bond motifs is 1. The van der Waals surface area contributed by atoms with Crippen molar-refractivity contribution in [3.05, 3.63) is 54.0 Å². The van der Waals surface area contributed by atoms with Crippen molar-refractivity contribution in [1.82, 2.24) is 14.5 Å². The van der Waals surface area contributed by atoms with Crippen LogP contribution in [0.3, 0.4) is 0 Å². The van der Waals surface area contributed by atoms with Gasteiger partial charge in [0.15, 0.2) is 5.65 Å². The van der Waals surface area contributed by atoms with E-state index in [0.29, 0.717) is 11.3 Å². The highest BCUT2D eigenvalue weighted by molar-refractivity contribution is 6.04. The number of hydrogen-bond donors (Lipinski definition) is 1. The van der Waals surface area contributed by atoms with Gasteiger partial charge in [-0.15, -0.1) is 0 Å². The molecular formula is C15H14N4O. The number of aryl methyl sites for hydroxylation is 2. The Morgan fingerprint density at radius 2 is 2.00 bits per heavy atom. The molecule has 100 valence electrons. The number of aromatic nitrogens is 3. The van der Waals surface area contributed by atoms with Crippen LogP contribution >= 0.6 is 0 Å². The fourth-order valence-corrected chi connectivity index (χ4v) is 2.05. The molecule has 0 aliphatic heterocycles. The van der Waals surface area contributed by atoms with E-state index in [4.69, 9.17) is 0 Å². The predicted octanol–water partition coefficient (Wildman–Crippen LogP) is 2.53. The van der Waals surface area contributed by atoms with Crippen LogP contribution in [0, 0.1) is 6.92 Å². The van der Waals surface area contributed by atoms with E-state index in [1.54, 1.807) is 18.3 Å². The molecule has 0 aliphatic rings. The van der Waals surface area contributed by atoms with Gasteiger partial charge in [-0.05, 0) is 25.1 Å². The van der Waals surface area contributed by atoms with Gasteiger partial charge in [0, 0.05) is 12.6 Å². The zero-order valence-corrected chi connectivity index (χ0v) is 11.3. The first-order valence-corrected chi connectivity index (χ1v) is 6.30. The first kappa shape index (κ1) is 12.3. The van der Waals surface area contributed by atoms with Crippen molar-refractivity contribution in [2.24, 2.45) is 7.05 Å². The van der Waals surface area contributed by atoms with Crippen LogP contribution in [0.1, 0.15) is 16.2 Å². The summed E-state index contributed by atoms with van der Waals surface area (Å²) in [5.41, 5.74) is 2.84. The Hall–Kier alpha value is -2.69. The van der Waals surface area contributed by atoms with Gasteiger partial charge in [-0.25, -0.2) is 9.97 Å². The standard InChI is InChI=1S/C15H14N4O/c1-10-17-13-8-12(9-16-14(13)19(10)2)18-15(20)11-6-4-3-5-7-11/h3-9H,1-2H3,(H,18,20). The maximum Gasteiger partial charge on any atom is 0.255 e. The number of carbonyl (C=O) groups is 1. The smallest absolute Gasteiger partial charge is 0.255 e. The number of hydrogen-bond acceptors (Lipinski definition) is 3. The molecule has 0 spiro atoms. The molecule has 0 saturated carbocycles. The summed E-state index contributed by atoms with van der Waals surface area (Å²) >= 11 is 0. The first-order valence-electron chi connectivity index (χ1n) is 6.30. The van der Waals surface area contributed by atoms with Crippen molar-refractivity contribution in [3.8, 4) is 0 Å². The molecule has 0 atom stereocenters. The van der Waals surface area contributed by atoms with Gasteiger partial charge in [0.2, 0.25) is 0 Å². The molecule has 0 unspecified atom stereocenters. The normalized spacial score (nSPS) is 10.7. The number of amides is 1. The summed E-state index contributed by atoms with van der Waals surface area (Å²) in [5.74, 6) is 0.735. The van der Waals surface area contributed by atoms with E-state index in [2.05, 4.69) is 15.3 Å². The minimum absolute atomic E-state index is 0.153. The average Bonchev–Trinajstić information content (AvgIpc) is 2.74. The minimum atomic E-state index is -0.153. The topological polar surface area (TPSA) is 59.8 Å². The van der Waals surface area contributed by atoms with Crippen LogP contribution in [0.25, 0.3) is 11.2 Å². The van der Waals surface area contributed by atoms with Gasteiger partial charge in [-0.1, -0.05) is 18.2 Å². The van der Waals surface area contributed by atoms with Crippen LogP contribution in [-0.4, -0.2) is 20.4 Å². The second-order valence-electron chi connectivity index (χ2n) is 4.60. The summed E-state index contributed by atoms with van der Waals surface area (Å²) in [7, 11) is 1.92. The van der Waals surface area contributed by atoms with Crippen molar-refractivity contribution in [2.75, 3.05) is 5.32 Å². The third-order valence-electron chi connectivity index (χ3n) is 3.23. The number of rotatable bonds is 2. The summed E-state index contributed by atoms with van der Waals surface area (Å²) < 4.78 is 1.91. The lowest BCUT2D eigenvalue weighted by Crippen LogP contribution is -2.11. The van der Waals surface area contributed by atoms with E-state index < -0.39 is 0 Å². The molecule has 0 bridgehead atoms. The van der Waals surface area contributed by atoms with Gasteiger partial charge < -0.3 is 9.88 Å². The van der Waals surface area contributed by atoms with Gasteiger partial charge in [0.1, 0.15) is 11.3 Å². The molecule has 0 radical (unpaired) electrons. The van der Waals surface area contributed by atoms with Gasteiger partial charge in [-0.3, -0.25) is 4.79 Å². The van der Waals surface area contributed by atoms with Gasteiger partial charge in [0.25, 0.3) is 5.91 Å². The van der Waals surface area contributed by atoms with Crippen LogP contribution in [0.15, 0.2) is 42.6 Å². The first-order chi connectivity index (χ1) is 9.65. The molecule has 3 rings (SSSR count). The zero-order chi connectivity index (χ0) is 14.1. The van der Waals surface area contributed by atoms with Crippen LogP contribution in [0.4, 0.5) is 5.69 Å². The van der Waals surface area contributed by atoms with E-state index in [1.165, 1.54) is 0 Å². The Kier molecular flexibility index (Phi) is 2.95. The lowest BCUT2D eigenvalue weighted by atomic mass is 10.2. The Balaban J connectivity index is 1.90. The molecule has 20 heavy (non-hydrogen) atoms. The number of benzene rings is 1. The maximum atomic E-state index is 12.1. The molecule has 3 aromatic rings. The molecule has 0 saturated heterocycles. The highest BCUT2D eigenvalue weighted by Crippen LogP contribution is 2.17. The zero-order valence-electron chi connectivity index (χ0n) is 11.3. The second-order valence-corrected chi connectivity index (χ2v) is 4.60. The molecule has 5 nitrogen and oxygen atoms in total. The van der Waals surface area contributed by atoms with E-state index in [9.17, 15) is 4.79 Å². The summed E-state index contributed by atoms with van der Waals surface area (Å²) in [6, 6.07) is 10.9. The number of pyridine rings is 1. The molecule has 2 heterocycles. The van der Waals surface area contributed by atoms with Gasteiger partial charge in [0.05, 0.1) is 11.9 Å². The molecular weight excluding hydrogens is 252 g/mol. The van der Waals surface area contributed by atoms with E-state index >= 15 is 0 Å². The predicted molar refractivity (Wildman–Crippen MR) is 77.6 cm³/mol. The molecule has 0 fully saturated rings. The Morgan fingerprint density at radius 3 is 2.75 bits per heavy atom. The van der Waals surface area contributed by atoms with Crippen LogP contribution in [-0.2, 0) is 7.05 Å². The lowest BCUT2D eigenvalue weighted by Gasteiger charge is -2.04. The summed E-state index contributed by atoms with van der Waals surface area (Å²) in [5, 5.41) is 2.83. The number of carbonyl (C=O) groups excluding carboxylic acids is 1. The Bertz CT molecular complexity index is 777. The SMILES string of the molecule is Cc1nc2cc(NC(=O)c3ccccc3)cnc2n1C. The fourth-order valence-electron chi connectivity index (χ4n) is 2.05. The number of nitrogens with one attached hydrogen (secondary N) is 1. The molecule has 1 aromatic carbocycles. The van der Waals surface area contributed by atoms with E-state index in [1.807, 2.05) is 42.8 Å². The van der Waals surface area contributed by atoms with Crippen molar-refractivity contribution >= 4 is 22.8 Å². The maximum absolute atomic E-state index is 12.1. The van der Waals surface area contributed by atoms with E-state index in [-0.39, 0.29) is 5.91 Å². The third kappa shape index (κ3) is 2.14. The van der Waals surface area contributed by atoms with Crippen molar-refractivity contribution < 1.29 is 4.79 Å². The summed E-state index contributed by atoms with van der Waals surface area (Å²) in [6.07, 6.45) is 1.64. The fraction of sp³-hybridized carbons (Fsp3) is 0.133. The quantitative estimate of drug-likeness (QED) is 0.775. The summed E-state index contributed by atoms with van der Waals surface area (Å²) in [6.45, 7) is 1.92. The molecule has 0 aliphatic carbocycles. The van der Waals surface area contributed by atoms with Crippen LogP contribution in [0.5, 0.6) is 0 Å². The number of anilines is 1. The number of imidazole rings is 1. The molecule has 2 aromatic heterocycles. The highest BCUT2D eigenvalue weighted by Gasteiger charge is 2.09. The number of nitrogens with zero attached hydrogens (tertiary/aromatic N) is 3. The van der Waals surface area contributed by atoms with Gasteiger partial charge >= 0.3 is 0 Å². The Morgan fingerprint density at radius 1 is 1.25 bits per heavy atom. The molecule has 5 heteroatoms. The average molecular weight is 266 g/mol. The second kappa shape index (κ2) is 4.77. The van der Waals surface area contributed by atoms with Crippen LogP contribution in [0.2, 0.25) is 0 Å². The van der Waals surface area contributed by atoms with Gasteiger partial charge in [-0.2, -0.15) is 0 Å². The minimum Gasteiger partial charge on any atom is -0.321 e. The largest absolute Gasteiger partial charge is 0.321 e. The molecule has 1 N–H and O–H groups in total. The Labute approximate surface area is 116 Å². The van der Waals surface area contributed by atoms with Crippen LogP contribution < -0.4 is 5.32 Å². The van der Waals surface area contributed by atoms with Crippen molar-refractivity contribution in [2.45, 2.75) is 6.92 Å². The van der Waals surface area contributed by atoms with Crippen molar-refractivity contribution in [3.63, 3.8) is 0 Å².